The van der Waals surface area contributed by atoms with Crippen LogP contribution in [0.25, 0.3) is 0 Å². The zero-order chi connectivity index (χ0) is 22.4. The number of rotatable bonds is 7. The summed E-state index contributed by atoms with van der Waals surface area (Å²) >= 11 is 0. The molecule has 2 aromatic carbocycles. The van der Waals surface area contributed by atoms with Crippen LogP contribution >= 0.6 is 0 Å². The van der Waals surface area contributed by atoms with E-state index in [0.717, 1.165) is 24.3 Å². The van der Waals surface area contributed by atoms with E-state index in [-0.39, 0.29) is 49.2 Å². The molecule has 0 aromatic heterocycles. The van der Waals surface area contributed by atoms with Gasteiger partial charge < -0.3 is 9.64 Å². The van der Waals surface area contributed by atoms with Crippen molar-refractivity contribution in [2.24, 2.45) is 0 Å². The van der Waals surface area contributed by atoms with Crippen molar-refractivity contribution < 1.29 is 31.1 Å². The molecule has 1 saturated heterocycles. The van der Waals surface area contributed by atoms with Crippen LogP contribution in [-0.4, -0.2) is 56.3 Å². The first-order valence-corrected chi connectivity index (χ1v) is 11.3. The molecular weight excluding hydrogens is 433 g/mol. The van der Waals surface area contributed by atoms with Gasteiger partial charge in [-0.15, -0.1) is 0 Å². The second kappa shape index (κ2) is 10.1. The molecule has 0 unspecified atom stereocenters. The minimum absolute atomic E-state index is 0.0128. The van der Waals surface area contributed by atoms with Crippen LogP contribution < -0.4 is 4.74 Å². The summed E-state index contributed by atoms with van der Waals surface area (Å²) in [5.41, 5.74) is 0. The average molecular weight is 456 g/mol. The van der Waals surface area contributed by atoms with Crippen LogP contribution in [0.5, 0.6) is 5.75 Å². The Bertz CT molecular complexity index is 1020. The van der Waals surface area contributed by atoms with Gasteiger partial charge in [-0.3, -0.25) is 4.79 Å². The molecule has 0 radical (unpaired) electrons. The normalized spacial score (nSPS) is 15.5. The Kier molecular flexibility index (Phi) is 7.55. The first-order valence-electron chi connectivity index (χ1n) is 9.89. The Morgan fingerprint density at radius 3 is 2.35 bits per heavy atom. The number of halogens is 3. The molecule has 0 bridgehead atoms. The molecule has 0 atom stereocenters. The van der Waals surface area contributed by atoms with Gasteiger partial charge in [0.25, 0.3) is 0 Å². The number of nitrogens with zero attached hydrogens (tertiary/aromatic N) is 2. The number of ether oxygens (including phenoxy) is 1. The van der Waals surface area contributed by atoms with E-state index in [1.165, 1.54) is 22.5 Å². The Hall–Kier alpha value is -2.59. The van der Waals surface area contributed by atoms with Gasteiger partial charge in [-0.2, -0.15) is 4.31 Å². The Balaban J connectivity index is 1.48. The maximum atomic E-state index is 13.5. The summed E-state index contributed by atoms with van der Waals surface area (Å²) in [4.78, 5) is 14.1. The standard InChI is InChI=1S/C21H23F3N2O4S/c22-16-4-7-18(8-5-16)31(28,29)26-11-2-10-25(12-13-26)21(27)3-1-14-30-20-9-6-17(23)15-19(20)24/h4-9,15H,1-3,10-14H2. The monoisotopic (exact) mass is 456 g/mol. The highest BCUT2D eigenvalue weighted by atomic mass is 32.2. The molecule has 1 aliphatic heterocycles. The van der Waals surface area contributed by atoms with Crippen LogP contribution in [0.15, 0.2) is 47.4 Å². The van der Waals surface area contributed by atoms with Gasteiger partial charge in [0.05, 0.1) is 11.5 Å². The molecular formula is C21H23F3N2O4S. The second-order valence-electron chi connectivity index (χ2n) is 7.12. The van der Waals surface area contributed by atoms with E-state index in [9.17, 15) is 26.4 Å². The van der Waals surface area contributed by atoms with E-state index in [2.05, 4.69) is 0 Å². The highest BCUT2D eigenvalue weighted by Gasteiger charge is 2.28. The lowest BCUT2D eigenvalue weighted by Gasteiger charge is -2.22. The molecule has 1 fully saturated rings. The molecule has 1 heterocycles. The molecule has 0 saturated carbocycles. The summed E-state index contributed by atoms with van der Waals surface area (Å²) in [6.45, 7) is 1.15. The van der Waals surface area contributed by atoms with Crippen LogP contribution in [-0.2, 0) is 14.8 Å². The van der Waals surface area contributed by atoms with E-state index < -0.39 is 27.5 Å². The zero-order valence-electron chi connectivity index (χ0n) is 16.8. The number of benzene rings is 2. The third-order valence-corrected chi connectivity index (χ3v) is 6.86. The highest BCUT2D eigenvalue weighted by Crippen LogP contribution is 2.20. The minimum Gasteiger partial charge on any atom is -0.491 e. The summed E-state index contributed by atoms with van der Waals surface area (Å²) in [6, 6.07) is 7.65. The predicted molar refractivity (Wildman–Crippen MR) is 107 cm³/mol. The van der Waals surface area contributed by atoms with Crippen molar-refractivity contribution in [2.75, 3.05) is 32.8 Å². The first kappa shape index (κ1) is 23.1. The van der Waals surface area contributed by atoms with Crippen LogP contribution in [0.4, 0.5) is 13.2 Å². The van der Waals surface area contributed by atoms with Gasteiger partial charge in [0.2, 0.25) is 15.9 Å². The third kappa shape index (κ3) is 5.98. The first-order chi connectivity index (χ1) is 14.8. The summed E-state index contributed by atoms with van der Waals surface area (Å²) < 4.78 is 71.6. The lowest BCUT2D eigenvalue weighted by atomic mass is 10.2. The highest BCUT2D eigenvalue weighted by molar-refractivity contribution is 7.89. The maximum Gasteiger partial charge on any atom is 0.243 e. The van der Waals surface area contributed by atoms with Gasteiger partial charge in [0, 0.05) is 38.7 Å². The van der Waals surface area contributed by atoms with Crippen molar-refractivity contribution >= 4 is 15.9 Å². The van der Waals surface area contributed by atoms with Gasteiger partial charge in [-0.05, 0) is 49.2 Å². The SMILES string of the molecule is O=C(CCCOc1ccc(F)cc1F)N1CCCN(S(=O)(=O)c2ccc(F)cc2)CC1. The molecule has 1 amide bonds. The number of sulfonamides is 1. The topological polar surface area (TPSA) is 66.9 Å². The van der Waals surface area contributed by atoms with Crippen molar-refractivity contribution in [1.29, 1.82) is 0 Å². The Labute approximate surface area is 179 Å². The summed E-state index contributed by atoms with van der Waals surface area (Å²) in [5, 5.41) is 0. The van der Waals surface area contributed by atoms with Crippen molar-refractivity contribution in [3.63, 3.8) is 0 Å². The second-order valence-corrected chi connectivity index (χ2v) is 9.06. The zero-order valence-corrected chi connectivity index (χ0v) is 17.6. The van der Waals surface area contributed by atoms with Crippen LogP contribution in [0.3, 0.4) is 0 Å². The van der Waals surface area contributed by atoms with E-state index in [4.69, 9.17) is 4.74 Å². The predicted octanol–water partition coefficient (Wildman–Crippen LogP) is 3.19. The molecule has 0 N–H and O–H groups in total. The van der Waals surface area contributed by atoms with Crippen molar-refractivity contribution in [3.05, 3.63) is 59.9 Å². The largest absolute Gasteiger partial charge is 0.491 e. The third-order valence-electron chi connectivity index (χ3n) is 4.95. The van der Waals surface area contributed by atoms with E-state index in [0.29, 0.717) is 19.4 Å². The van der Waals surface area contributed by atoms with Gasteiger partial charge in [-0.25, -0.2) is 21.6 Å². The van der Waals surface area contributed by atoms with Crippen LogP contribution in [0.1, 0.15) is 19.3 Å². The molecule has 0 spiro atoms. The van der Waals surface area contributed by atoms with E-state index in [1.807, 2.05) is 0 Å². The molecule has 31 heavy (non-hydrogen) atoms. The maximum absolute atomic E-state index is 13.5. The molecule has 0 aliphatic carbocycles. The van der Waals surface area contributed by atoms with Gasteiger partial charge in [0.15, 0.2) is 11.6 Å². The number of amides is 1. The molecule has 2 aromatic rings. The average Bonchev–Trinajstić information content (AvgIpc) is 2.99. The number of carbonyl (C=O) groups is 1. The van der Waals surface area contributed by atoms with E-state index in [1.54, 1.807) is 4.90 Å². The fourth-order valence-electron chi connectivity index (χ4n) is 3.30. The number of hydrogen-bond acceptors (Lipinski definition) is 4. The lowest BCUT2D eigenvalue weighted by molar-refractivity contribution is -0.131. The summed E-state index contributed by atoms with van der Waals surface area (Å²) in [5.74, 6) is -2.25. The molecule has 1 aliphatic rings. The number of carbonyl (C=O) groups excluding carboxylic acids is 1. The van der Waals surface area contributed by atoms with E-state index >= 15 is 0 Å². The minimum atomic E-state index is -3.76. The smallest absolute Gasteiger partial charge is 0.243 e. The number of hydrogen-bond donors (Lipinski definition) is 0. The Morgan fingerprint density at radius 1 is 0.935 bits per heavy atom. The molecule has 168 valence electrons. The lowest BCUT2D eigenvalue weighted by Crippen LogP contribution is -2.37. The van der Waals surface area contributed by atoms with Gasteiger partial charge >= 0.3 is 0 Å². The molecule has 10 heteroatoms. The van der Waals surface area contributed by atoms with Crippen LogP contribution in [0, 0.1) is 17.5 Å². The molecule has 3 rings (SSSR count). The summed E-state index contributed by atoms with van der Waals surface area (Å²) in [6.07, 6.45) is 0.973. The fraction of sp³-hybridized carbons (Fsp3) is 0.381. The van der Waals surface area contributed by atoms with Crippen molar-refractivity contribution in [1.82, 2.24) is 9.21 Å². The van der Waals surface area contributed by atoms with Gasteiger partial charge in [0.1, 0.15) is 11.6 Å². The van der Waals surface area contributed by atoms with Gasteiger partial charge in [-0.1, -0.05) is 0 Å². The quantitative estimate of drug-likeness (QED) is 0.601. The van der Waals surface area contributed by atoms with Crippen molar-refractivity contribution in [3.8, 4) is 5.75 Å². The summed E-state index contributed by atoms with van der Waals surface area (Å²) in [7, 11) is -3.76. The molecule has 6 nitrogen and oxygen atoms in total. The fourth-order valence-corrected chi connectivity index (χ4v) is 4.76. The Morgan fingerprint density at radius 2 is 1.65 bits per heavy atom. The van der Waals surface area contributed by atoms with Crippen molar-refractivity contribution in [2.45, 2.75) is 24.2 Å². The van der Waals surface area contributed by atoms with Crippen LogP contribution in [0.2, 0.25) is 0 Å².